The summed E-state index contributed by atoms with van der Waals surface area (Å²) >= 11 is 0.782. The van der Waals surface area contributed by atoms with Gasteiger partial charge in [0, 0.05) is 23.0 Å². The van der Waals surface area contributed by atoms with Gasteiger partial charge >= 0.3 is 6.18 Å². The molecular formula is C13H14F3N3S. The molecule has 0 unspecified atom stereocenters. The SMILES string of the molecule is Cc1ccc(SCC(F)(F)F)c(NCc2ncc[nH]2)c1. The van der Waals surface area contributed by atoms with Crippen LogP contribution in [0.4, 0.5) is 18.9 Å². The molecule has 1 aromatic heterocycles. The summed E-state index contributed by atoms with van der Waals surface area (Å²) in [6.07, 6.45) is -0.840. The summed E-state index contributed by atoms with van der Waals surface area (Å²) in [6.45, 7) is 2.34. The number of alkyl halides is 3. The number of H-pyrrole nitrogens is 1. The zero-order valence-corrected chi connectivity index (χ0v) is 11.6. The maximum atomic E-state index is 12.3. The van der Waals surface area contributed by atoms with Gasteiger partial charge in [0.1, 0.15) is 5.82 Å². The topological polar surface area (TPSA) is 40.7 Å². The maximum absolute atomic E-state index is 12.3. The lowest BCUT2D eigenvalue weighted by Crippen LogP contribution is -2.11. The first kappa shape index (κ1) is 14.8. The summed E-state index contributed by atoms with van der Waals surface area (Å²) in [5, 5.41) is 3.11. The molecule has 2 rings (SSSR count). The lowest BCUT2D eigenvalue weighted by Gasteiger charge is -2.13. The molecule has 3 nitrogen and oxygen atoms in total. The van der Waals surface area contributed by atoms with Crippen molar-refractivity contribution in [1.82, 2.24) is 9.97 Å². The highest BCUT2D eigenvalue weighted by atomic mass is 32.2. The van der Waals surface area contributed by atoms with Gasteiger partial charge in [-0.15, -0.1) is 11.8 Å². The highest BCUT2D eigenvalue weighted by Crippen LogP contribution is 2.33. The quantitative estimate of drug-likeness (QED) is 0.821. The molecule has 108 valence electrons. The van der Waals surface area contributed by atoms with Crippen LogP contribution in [-0.4, -0.2) is 21.9 Å². The second-order valence-corrected chi connectivity index (χ2v) is 5.31. The Kier molecular flexibility index (Phi) is 4.59. The normalized spacial score (nSPS) is 11.6. The third-order valence-corrected chi connectivity index (χ3v) is 3.67. The number of aromatic nitrogens is 2. The fourth-order valence-corrected chi connectivity index (χ4v) is 2.41. The molecule has 0 radical (unpaired) electrons. The predicted molar refractivity (Wildman–Crippen MR) is 73.9 cm³/mol. The number of aryl methyl sites for hydroxylation is 1. The van der Waals surface area contributed by atoms with Crippen molar-refractivity contribution in [3.05, 3.63) is 42.0 Å². The molecule has 0 aliphatic heterocycles. The van der Waals surface area contributed by atoms with Crippen molar-refractivity contribution < 1.29 is 13.2 Å². The number of rotatable bonds is 5. The number of halogens is 3. The molecule has 7 heteroatoms. The Morgan fingerprint density at radius 2 is 2.15 bits per heavy atom. The molecule has 2 N–H and O–H groups in total. The first-order chi connectivity index (χ1) is 9.44. The summed E-state index contributed by atoms with van der Waals surface area (Å²) in [7, 11) is 0. The van der Waals surface area contributed by atoms with Crippen LogP contribution in [-0.2, 0) is 6.54 Å². The molecule has 0 atom stereocenters. The van der Waals surface area contributed by atoms with Gasteiger partial charge in [0.05, 0.1) is 12.3 Å². The van der Waals surface area contributed by atoms with Crippen molar-refractivity contribution in [2.24, 2.45) is 0 Å². The lowest BCUT2D eigenvalue weighted by molar-refractivity contribution is -0.105. The Balaban J connectivity index is 2.07. The second kappa shape index (κ2) is 6.21. The highest BCUT2D eigenvalue weighted by molar-refractivity contribution is 7.99. The summed E-state index contributed by atoms with van der Waals surface area (Å²) in [6, 6.07) is 5.34. The average molecular weight is 301 g/mol. The molecule has 0 saturated carbocycles. The highest BCUT2D eigenvalue weighted by Gasteiger charge is 2.27. The van der Waals surface area contributed by atoms with E-state index in [4.69, 9.17) is 0 Å². The molecule has 0 amide bonds. The largest absolute Gasteiger partial charge is 0.398 e. The molecule has 0 aliphatic rings. The Labute approximate surface area is 119 Å². The van der Waals surface area contributed by atoms with Crippen LogP contribution in [0.3, 0.4) is 0 Å². The van der Waals surface area contributed by atoms with Crippen LogP contribution in [0.25, 0.3) is 0 Å². The zero-order valence-electron chi connectivity index (χ0n) is 10.8. The van der Waals surface area contributed by atoms with E-state index < -0.39 is 11.9 Å². The van der Waals surface area contributed by atoms with Gasteiger partial charge in [-0.25, -0.2) is 4.98 Å². The summed E-state index contributed by atoms with van der Waals surface area (Å²) < 4.78 is 36.9. The van der Waals surface area contributed by atoms with Gasteiger partial charge in [-0.2, -0.15) is 13.2 Å². The summed E-state index contributed by atoms with van der Waals surface area (Å²) in [5.41, 5.74) is 1.68. The minimum atomic E-state index is -4.17. The number of aromatic amines is 1. The Hall–Kier alpha value is -1.63. The van der Waals surface area contributed by atoms with Gasteiger partial charge < -0.3 is 10.3 Å². The van der Waals surface area contributed by atoms with Crippen molar-refractivity contribution in [3.8, 4) is 0 Å². The van der Waals surface area contributed by atoms with Crippen molar-refractivity contribution in [1.29, 1.82) is 0 Å². The van der Waals surface area contributed by atoms with Gasteiger partial charge in [0.25, 0.3) is 0 Å². The minimum Gasteiger partial charge on any atom is -0.377 e. The van der Waals surface area contributed by atoms with Crippen molar-refractivity contribution >= 4 is 17.4 Å². The van der Waals surface area contributed by atoms with E-state index in [9.17, 15) is 13.2 Å². The molecule has 0 aliphatic carbocycles. The standard InChI is InChI=1S/C13H14F3N3S/c1-9-2-3-11(20-8-13(14,15)16)10(6-9)19-7-12-17-4-5-18-12/h2-6,19H,7-8H2,1H3,(H,17,18). The first-order valence-electron chi connectivity index (χ1n) is 5.96. The number of benzene rings is 1. The Morgan fingerprint density at radius 3 is 2.80 bits per heavy atom. The number of anilines is 1. The van der Waals surface area contributed by atoms with Gasteiger partial charge in [-0.1, -0.05) is 6.07 Å². The first-order valence-corrected chi connectivity index (χ1v) is 6.95. The van der Waals surface area contributed by atoms with E-state index in [-0.39, 0.29) is 0 Å². The molecule has 0 spiro atoms. The van der Waals surface area contributed by atoms with Crippen LogP contribution in [0, 0.1) is 6.92 Å². The fourth-order valence-electron chi connectivity index (χ4n) is 1.64. The van der Waals surface area contributed by atoms with E-state index >= 15 is 0 Å². The number of nitrogens with one attached hydrogen (secondary N) is 2. The van der Waals surface area contributed by atoms with Gasteiger partial charge in [0.15, 0.2) is 0 Å². The molecule has 0 bridgehead atoms. The number of nitrogens with zero attached hydrogens (tertiary/aromatic N) is 1. The number of imidazole rings is 1. The molecular weight excluding hydrogens is 287 g/mol. The minimum absolute atomic E-state index is 0.441. The summed E-state index contributed by atoms with van der Waals surface area (Å²) in [5.74, 6) is -0.163. The third-order valence-electron chi connectivity index (χ3n) is 2.53. The van der Waals surface area contributed by atoms with Crippen LogP contribution < -0.4 is 5.32 Å². The van der Waals surface area contributed by atoms with Gasteiger partial charge in [0.2, 0.25) is 0 Å². The number of thioether (sulfide) groups is 1. The van der Waals surface area contributed by atoms with Crippen molar-refractivity contribution in [2.75, 3.05) is 11.1 Å². The van der Waals surface area contributed by atoms with E-state index in [1.807, 2.05) is 13.0 Å². The van der Waals surface area contributed by atoms with Crippen molar-refractivity contribution in [3.63, 3.8) is 0 Å². The molecule has 20 heavy (non-hydrogen) atoms. The van der Waals surface area contributed by atoms with E-state index in [2.05, 4.69) is 15.3 Å². The van der Waals surface area contributed by atoms with Gasteiger partial charge in [-0.05, 0) is 24.6 Å². The predicted octanol–water partition coefficient (Wildman–Crippen LogP) is 3.98. The summed E-state index contributed by atoms with van der Waals surface area (Å²) in [4.78, 5) is 7.58. The van der Waals surface area contributed by atoms with Crippen molar-refractivity contribution in [2.45, 2.75) is 24.5 Å². The number of hydrogen-bond acceptors (Lipinski definition) is 3. The average Bonchev–Trinajstić information content (AvgIpc) is 2.87. The smallest absolute Gasteiger partial charge is 0.377 e. The molecule has 0 fully saturated rings. The van der Waals surface area contributed by atoms with E-state index in [0.717, 1.165) is 23.1 Å². The van der Waals surface area contributed by atoms with Crippen LogP contribution in [0.15, 0.2) is 35.5 Å². The van der Waals surface area contributed by atoms with E-state index in [0.29, 0.717) is 17.1 Å². The monoisotopic (exact) mass is 301 g/mol. The molecule has 2 aromatic rings. The third kappa shape index (κ3) is 4.48. The Morgan fingerprint density at radius 1 is 1.35 bits per heavy atom. The Bertz CT molecular complexity index is 552. The maximum Gasteiger partial charge on any atom is 0.398 e. The van der Waals surface area contributed by atoms with Crippen LogP contribution >= 0.6 is 11.8 Å². The van der Waals surface area contributed by atoms with Gasteiger partial charge in [-0.3, -0.25) is 0 Å². The molecule has 0 saturated heterocycles. The second-order valence-electron chi connectivity index (χ2n) is 4.29. The molecule has 1 aromatic carbocycles. The van der Waals surface area contributed by atoms with Crippen LogP contribution in [0.1, 0.15) is 11.4 Å². The van der Waals surface area contributed by atoms with E-state index in [1.54, 1.807) is 24.5 Å². The van der Waals surface area contributed by atoms with E-state index in [1.165, 1.54) is 0 Å². The fraction of sp³-hybridized carbons (Fsp3) is 0.308. The van der Waals surface area contributed by atoms with Crippen LogP contribution in [0.2, 0.25) is 0 Å². The van der Waals surface area contributed by atoms with Crippen LogP contribution in [0.5, 0.6) is 0 Å². The lowest BCUT2D eigenvalue weighted by atomic mass is 10.2. The number of hydrogen-bond donors (Lipinski definition) is 2. The zero-order chi connectivity index (χ0) is 14.6. The molecule has 1 heterocycles.